The fraction of sp³-hybridized carbons (Fsp3) is 0.111. The third-order valence-corrected chi connectivity index (χ3v) is 3.24. The van der Waals surface area contributed by atoms with Crippen LogP contribution in [0.1, 0.15) is 12.6 Å². The van der Waals surface area contributed by atoms with Gasteiger partial charge in [-0.3, -0.25) is 4.79 Å². The molecule has 0 fully saturated rings. The van der Waals surface area contributed by atoms with Gasteiger partial charge in [0, 0.05) is 36.3 Å². The summed E-state index contributed by atoms with van der Waals surface area (Å²) in [4.78, 5) is 24.1. The van der Waals surface area contributed by atoms with Gasteiger partial charge in [0.1, 0.15) is 11.6 Å². The maximum absolute atomic E-state index is 11.1. The first-order valence-electron chi connectivity index (χ1n) is 7.77. The summed E-state index contributed by atoms with van der Waals surface area (Å²) in [6, 6.07) is 14.8. The van der Waals surface area contributed by atoms with Crippen molar-refractivity contribution < 1.29 is 4.79 Å². The minimum atomic E-state index is -0.0997. The SMILES string of the molecule is CC(=O)Nc1ccc(Nc2cc(C)nc(Nc3ccccn3)n2)cc1. The monoisotopic (exact) mass is 334 g/mol. The fourth-order valence-electron chi connectivity index (χ4n) is 2.23. The smallest absolute Gasteiger partial charge is 0.230 e. The van der Waals surface area contributed by atoms with Crippen molar-refractivity contribution in [3.63, 3.8) is 0 Å². The summed E-state index contributed by atoms with van der Waals surface area (Å²) >= 11 is 0. The summed E-state index contributed by atoms with van der Waals surface area (Å²) in [6.07, 6.45) is 1.70. The average Bonchev–Trinajstić information content (AvgIpc) is 2.56. The van der Waals surface area contributed by atoms with Gasteiger partial charge in [-0.2, -0.15) is 4.98 Å². The molecule has 2 aromatic heterocycles. The van der Waals surface area contributed by atoms with Crippen LogP contribution in [-0.2, 0) is 4.79 Å². The van der Waals surface area contributed by atoms with Crippen molar-refractivity contribution in [1.82, 2.24) is 15.0 Å². The van der Waals surface area contributed by atoms with Gasteiger partial charge < -0.3 is 16.0 Å². The molecule has 7 heteroatoms. The van der Waals surface area contributed by atoms with Crippen molar-refractivity contribution in [2.45, 2.75) is 13.8 Å². The van der Waals surface area contributed by atoms with Gasteiger partial charge >= 0.3 is 0 Å². The first kappa shape index (κ1) is 16.4. The third-order valence-electron chi connectivity index (χ3n) is 3.24. The van der Waals surface area contributed by atoms with Crippen LogP contribution in [-0.4, -0.2) is 20.9 Å². The second kappa shape index (κ2) is 7.39. The Labute approximate surface area is 145 Å². The number of aryl methyl sites for hydroxylation is 1. The van der Waals surface area contributed by atoms with Crippen LogP contribution in [0.3, 0.4) is 0 Å². The molecule has 0 saturated heterocycles. The molecule has 0 unspecified atom stereocenters. The van der Waals surface area contributed by atoms with Crippen molar-refractivity contribution in [2.75, 3.05) is 16.0 Å². The first-order valence-corrected chi connectivity index (χ1v) is 7.77. The van der Waals surface area contributed by atoms with Gasteiger partial charge in [0.25, 0.3) is 0 Å². The van der Waals surface area contributed by atoms with E-state index in [1.54, 1.807) is 6.20 Å². The van der Waals surface area contributed by atoms with Gasteiger partial charge in [-0.25, -0.2) is 9.97 Å². The van der Waals surface area contributed by atoms with Gasteiger partial charge in [0.2, 0.25) is 11.9 Å². The van der Waals surface area contributed by atoms with E-state index in [-0.39, 0.29) is 5.91 Å². The summed E-state index contributed by atoms with van der Waals surface area (Å²) < 4.78 is 0. The van der Waals surface area contributed by atoms with Gasteiger partial charge in [0.05, 0.1) is 0 Å². The highest BCUT2D eigenvalue weighted by Crippen LogP contribution is 2.20. The van der Waals surface area contributed by atoms with Crippen LogP contribution in [0.5, 0.6) is 0 Å². The lowest BCUT2D eigenvalue weighted by Gasteiger charge is -2.10. The molecule has 3 rings (SSSR count). The van der Waals surface area contributed by atoms with Crippen LogP contribution < -0.4 is 16.0 Å². The molecule has 0 aliphatic rings. The number of anilines is 5. The molecular weight excluding hydrogens is 316 g/mol. The Balaban J connectivity index is 1.75. The highest BCUT2D eigenvalue weighted by atomic mass is 16.1. The van der Waals surface area contributed by atoms with Crippen molar-refractivity contribution >= 4 is 34.9 Å². The number of amides is 1. The number of carbonyl (C=O) groups is 1. The second-order valence-corrected chi connectivity index (χ2v) is 5.44. The van der Waals surface area contributed by atoms with Crippen LogP contribution >= 0.6 is 0 Å². The number of pyridine rings is 1. The lowest BCUT2D eigenvalue weighted by molar-refractivity contribution is -0.114. The summed E-state index contributed by atoms with van der Waals surface area (Å²) in [7, 11) is 0. The number of nitrogens with zero attached hydrogens (tertiary/aromatic N) is 3. The number of hydrogen-bond acceptors (Lipinski definition) is 6. The normalized spacial score (nSPS) is 10.2. The molecule has 0 bridgehead atoms. The predicted molar refractivity (Wildman–Crippen MR) is 98.3 cm³/mol. The van der Waals surface area contributed by atoms with Crippen LogP contribution in [0.25, 0.3) is 0 Å². The number of aromatic nitrogens is 3. The molecule has 0 aliphatic heterocycles. The number of hydrogen-bond donors (Lipinski definition) is 3. The Kier molecular flexibility index (Phi) is 4.84. The zero-order valence-electron chi connectivity index (χ0n) is 13.9. The summed E-state index contributed by atoms with van der Waals surface area (Å²) in [5, 5.41) is 9.04. The zero-order valence-corrected chi connectivity index (χ0v) is 13.9. The van der Waals surface area contributed by atoms with E-state index in [0.29, 0.717) is 17.6 Å². The number of nitrogens with one attached hydrogen (secondary N) is 3. The second-order valence-electron chi connectivity index (χ2n) is 5.44. The van der Waals surface area contributed by atoms with Crippen molar-refractivity contribution in [2.24, 2.45) is 0 Å². The molecule has 7 nitrogen and oxygen atoms in total. The molecule has 2 heterocycles. The minimum Gasteiger partial charge on any atom is -0.340 e. The molecule has 1 amide bonds. The molecule has 0 spiro atoms. The van der Waals surface area contributed by atoms with Crippen LogP contribution in [0.2, 0.25) is 0 Å². The maximum atomic E-state index is 11.1. The zero-order chi connectivity index (χ0) is 17.6. The van der Waals surface area contributed by atoms with Crippen LogP contribution in [0.15, 0.2) is 54.7 Å². The van der Waals surface area contributed by atoms with E-state index < -0.39 is 0 Å². The van der Waals surface area contributed by atoms with Crippen molar-refractivity contribution in [1.29, 1.82) is 0 Å². The number of carbonyl (C=O) groups excluding carboxylic acids is 1. The molecule has 0 aliphatic carbocycles. The molecule has 0 saturated carbocycles. The number of benzene rings is 1. The Morgan fingerprint density at radius 2 is 1.68 bits per heavy atom. The van der Waals surface area contributed by atoms with Crippen molar-refractivity contribution in [3.05, 3.63) is 60.4 Å². The van der Waals surface area contributed by atoms with E-state index in [1.165, 1.54) is 6.92 Å². The van der Waals surface area contributed by atoms with Crippen LogP contribution in [0, 0.1) is 6.92 Å². The Bertz CT molecular complexity index is 864. The molecular formula is C18H18N6O. The molecule has 3 N–H and O–H groups in total. The summed E-state index contributed by atoms with van der Waals surface area (Å²) in [5.41, 5.74) is 2.43. The minimum absolute atomic E-state index is 0.0997. The van der Waals surface area contributed by atoms with E-state index in [9.17, 15) is 4.79 Å². The van der Waals surface area contributed by atoms with Crippen molar-refractivity contribution in [3.8, 4) is 0 Å². The maximum Gasteiger partial charge on any atom is 0.230 e. The standard InChI is InChI=1S/C18H18N6O/c1-12-11-17(22-15-8-6-14(7-9-15)21-13(2)25)24-18(20-12)23-16-5-3-4-10-19-16/h3-11H,1-2H3,(H,21,25)(H2,19,20,22,23,24). The van der Waals surface area contributed by atoms with Crippen LogP contribution in [0.4, 0.5) is 29.0 Å². The lowest BCUT2D eigenvalue weighted by Crippen LogP contribution is -2.05. The van der Waals surface area contributed by atoms with E-state index in [2.05, 4.69) is 30.9 Å². The van der Waals surface area contributed by atoms with E-state index in [1.807, 2.05) is 55.5 Å². The molecule has 25 heavy (non-hydrogen) atoms. The molecule has 3 aromatic rings. The molecule has 126 valence electrons. The van der Waals surface area contributed by atoms with Gasteiger partial charge in [-0.1, -0.05) is 6.07 Å². The topological polar surface area (TPSA) is 91.8 Å². The summed E-state index contributed by atoms with van der Waals surface area (Å²) in [5.74, 6) is 1.71. The molecule has 1 aromatic carbocycles. The van der Waals surface area contributed by atoms with E-state index >= 15 is 0 Å². The fourth-order valence-corrected chi connectivity index (χ4v) is 2.23. The highest BCUT2D eigenvalue weighted by Gasteiger charge is 2.04. The van der Waals surface area contributed by atoms with E-state index in [0.717, 1.165) is 17.1 Å². The summed E-state index contributed by atoms with van der Waals surface area (Å²) in [6.45, 7) is 3.38. The third kappa shape index (κ3) is 4.74. The van der Waals surface area contributed by atoms with E-state index in [4.69, 9.17) is 0 Å². The van der Waals surface area contributed by atoms with Gasteiger partial charge in [-0.15, -0.1) is 0 Å². The Morgan fingerprint density at radius 3 is 2.36 bits per heavy atom. The van der Waals surface area contributed by atoms with Gasteiger partial charge in [0.15, 0.2) is 0 Å². The largest absolute Gasteiger partial charge is 0.340 e. The highest BCUT2D eigenvalue weighted by molar-refractivity contribution is 5.88. The Hall–Kier alpha value is -3.48. The quantitative estimate of drug-likeness (QED) is 0.660. The Morgan fingerprint density at radius 1 is 0.920 bits per heavy atom. The average molecular weight is 334 g/mol. The molecule has 0 radical (unpaired) electrons. The lowest BCUT2D eigenvalue weighted by atomic mass is 10.2. The molecule has 0 atom stereocenters. The predicted octanol–water partition coefficient (Wildman–Crippen LogP) is 3.63. The van der Waals surface area contributed by atoms with Gasteiger partial charge in [-0.05, 0) is 43.3 Å². The number of rotatable bonds is 5. The first-order chi connectivity index (χ1) is 12.1.